The highest BCUT2D eigenvalue weighted by Gasteiger charge is 2.03. The SMILES string of the molecule is COc1ccccc1CO/N=[C]\C1=CCCCC1. The third-order valence-corrected chi connectivity index (χ3v) is 2.96. The average Bonchev–Trinajstić information content (AvgIpc) is 2.45. The van der Waals surface area contributed by atoms with Crippen LogP contribution in [0.1, 0.15) is 31.2 Å². The van der Waals surface area contributed by atoms with Crippen molar-refractivity contribution in [2.45, 2.75) is 32.3 Å². The Morgan fingerprint density at radius 1 is 1.28 bits per heavy atom. The number of nitrogens with zero attached hydrogens (tertiary/aromatic N) is 1. The van der Waals surface area contributed by atoms with E-state index in [1.54, 1.807) is 7.11 Å². The van der Waals surface area contributed by atoms with Crippen molar-refractivity contribution in [1.29, 1.82) is 0 Å². The molecule has 1 aliphatic carbocycles. The van der Waals surface area contributed by atoms with Crippen LogP contribution in [0.5, 0.6) is 5.75 Å². The summed E-state index contributed by atoms with van der Waals surface area (Å²) < 4.78 is 5.24. The molecular weight excluding hydrogens is 226 g/mol. The zero-order chi connectivity index (χ0) is 12.6. The van der Waals surface area contributed by atoms with Gasteiger partial charge in [0.25, 0.3) is 0 Å². The largest absolute Gasteiger partial charge is 0.496 e. The maximum atomic E-state index is 5.26. The molecule has 0 saturated carbocycles. The molecule has 18 heavy (non-hydrogen) atoms. The molecule has 0 saturated heterocycles. The lowest BCUT2D eigenvalue weighted by Gasteiger charge is -2.08. The topological polar surface area (TPSA) is 30.8 Å². The fourth-order valence-corrected chi connectivity index (χ4v) is 1.95. The predicted molar refractivity (Wildman–Crippen MR) is 71.8 cm³/mol. The van der Waals surface area contributed by atoms with E-state index in [2.05, 4.69) is 17.4 Å². The van der Waals surface area contributed by atoms with Gasteiger partial charge in [-0.15, -0.1) is 0 Å². The zero-order valence-corrected chi connectivity index (χ0v) is 10.7. The number of para-hydroxylation sites is 1. The first-order valence-corrected chi connectivity index (χ1v) is 6.29. The van der Waals surface area contributed by atoms with Gasteiger partial charge in [0, 0.05) is 5.56 Å². The second-order valence-electron chi connectivity index (χ2n) is 4.26. The first kappa shape index (κ1) is 12.7. The molecule has 3 heteroatoms. The van der Waals surface area contributed by atoms with Gasteiger partial charge in [-0.25, -0.2) is 0 Å². The molecule has 0 fully saturated rings. The molecule has 0 aliphatic heterocycles. The smallest absolute Gasteiger partial charge is 0.145 e. The van der Waals surface area contributed by atoms with E-state index in [0.717, 1.165) is 29.7 Å². The molecule has 0 amide bonds. The number of hydrogen-bond acceptors (Lipinski definition) is 3. The van der Waals surface area contributed by atoms with Crippen molar-refractivity contribution in [1.82, 2.24) is 0 Å². The number of rotatable bonds is 5. The fourth-order valence-electron chi connectivity index (χ4n) is 1.95. The van der Waals surface area contributed by atoms with Gasteiger partial charge in [-0.2, -0.15) is 0 Å². The van der Waals surface area contributed by atoms with Crippen molar-refractivity contribution < 1.29 is 9.57 Å². The van der Waals surface area contributed by atoms with Crippen molar-refractivity contribution in [2.24, 2.45) is 5.16 Å². The van der Waals surface area contributed by atoms with Crippen LogP contribution in [-0.4, -0.2) is 13.3 Å². The zero-order valence-electron chi connectivity index (χ0n) is 10.7. The molecule has 1 aliphatic rings. The second-order valence-corrected chi connectivity index (χ2v) is 4.26. The Hall–Kier alpha value is -1.77. The minimum Gasteiger partial charge on any atom is -0.496 e. The molecule has 0 spiro atoms. The molecule has 1 aromatic rings. The fraction of sp³-hybridized carbons (Fsp3) is 0.400. The molecule has 0 aromatic heterocycles. The molecule has 1 aromatic carbocycles. The first-order chi connectivity index (χ1) is 8.90. The van der Waals surface area contributed by atoms with Gasteiger partial charge in [-0.1, -0.05) is 29.4 Å². The van der Waals surface area contributed by atoms with Crippen LogP contribution in [0, 0.1) is 0 Å². The van der Waals surface area contributed by atoms with Crippen LogP contribution in [0.25, 0.3) is 0 Å². The second kappa shape index (κ2) is 6.84. The lowest BCUT2D eigenvalue weighted by molar-refractivity contribution is 0.130. The van der Waals surface area contributed by atoms with Gasteiger partial charge in [-0.05, 0) is 37.3 Å². The van der Waals surface area contributed by atoms with Crippen LogP contribution in [0.2, 0.25) is 0 Å². The van der Waals surface area contributed by atoms with Crippen LogP contribution >= 0.6 is 0 Å². The minimum atomic E-state index is 0.407. The maximum Gasteiger partial charge on any atom is 0.145 e. The van der Waals surface area contributed by atoms with E-state index in [-0.39, 0.29) is 0 Å². The standard InChI is InChI=1S/C15H18NO2/c1-17-15-10-6-5-9-14(15)12-18-16-11-13-7-3-2-4-8-13/h5-7,9-10H,2-4,8,12H2,1H3. The summed E-state index contributed by atoms with van der Waals surface area (Å²) in [4.78, 5) is 5.26. The summed E-state index contributed by atoms with van der Waals surface area (Å²) in [6, 6.07) is 7.77. The number of benzene rings is 1. The van der Waals surface area contributed by atoms with Crippen molar-refractivity contribution in [2.75, 3.05) is 7.11 Å². The summed E-state index contributed by atoms with van der Waals surface area (Å²) in [5.41, 5.74) is 2.14. The maximum absolute atomic E-state index is 5.26. The van der Waals surface area contributed by atoms with E-state index in [0.29, 0.717) is 6.61 Å². The summed E-state index contributed by atoms with van der Waals surface area (Å²) in [5.74, 6) is 0.824. The summed E-state index contributed by atoms with van der Waals surface area (Å²) in [7, 11) is 1.65. The lowest BCUT2D eigenvalue weighted by Crippen LogP contribution is -1.95. The molecule has 0 heterocycles. The Morgan fingerprint density at radius 2 is 2.17 bits per heavy atom. The summed E-state index contributed by atoms with van der Waals surface area (Å²) in [6.07, 6.45) is 9.81. The van der Waals surface area contributed by atoms with E-state index in [9.17, 15) is 0 Å². The Morgan fingerprint density at radius 3 is 2.94 bits per heavy atom. The Labute approximate surface area is 108 Å². The highest BCUT2D eigenvalue weighted by Crippen LogP contribution is 2.18. The number of methoxy groups -OCH3 is 1. The third-order valence-electron chi connectivity index (χ3n) is 2.96. The first-order valence-electron chi connectivity index (χ1n) is 6.29. The van der Waals surface area contributed by atoms with Gasteiger partial charge >= 0.3 is 0 Å². The molecule has 3 nitrogen and oxygen atoms in total. The third kappa shape index (κ3) is 3.62. The van der Waals surface area contributed by atoms with Crippen LogP contribution < -0.4 is 4.74 Å². The van der Waals surface area contributed by atoms with Gasteiger partial charge in [0.15, 0.2) is 0 Å². The summed E-state index contributed by atoms with van der Waals surface area (Å²) in [5, 5.41) is 3.89. The molecule has 0 unspecified atom stereocenters. The highest BCUT2D eigenvalue weighted by molar-refractivity contribution is 5.78. The number of ether oxygens (including phenoxy) is 1. The predicted octanol–water partition coefficient (Wildman–Crippen LogP) is 3.58. The van der Waals surface area contributed by atoms with E-state index in [1.807, 2.05) is 24.3 Å². The molecular formula is C15H18NO2. The van der Waals surface area contributed by atoms with Gasteiger partial charge in [-0.3, -0.25) is 0 Å². The number of hydrogen-bond donors (Lipinski definition) is 0. The van der Waals surface area contributed by atoms with Crippen molar-refractivity contribution in [3.63, 3.8) is 0 Å². The Bertz CT molecular complexity index is 438. The van der Waals surface area contributed by atoms with E-state index in [1.165, 1.54) is 12.8 Å². The normalized spacial score (nSPS) is 15.5. The van der Waals surface area contributed by atoms with Crippen molar-refractivity contribution in [3.05, 3.63) is 41.5 Å². The van der Waals surface area contributed by atoms with E-state index in [4.69, 9.17) is 9.57 Å². The van der Waals surface area contributed by atoms with E-state index >= 15 is 0 Å². The van der Waals surface area contributed by atoms with Crippen molar-refractivity contribution >= 4 is 6.21 Å². The molecule has 1 radical (unpaired) electrons. The summed E-state index contributed by atoms with van der Waals surface area (Å²) >= 11 is 0. The van der Waals surface area contributed by atoms with Crippen LogP contribution in [-0.2, 0) is 11.4 Å². The molecule has 0 N–H and O–H groups in total. The molecule has 0 atom stereocenters. The van der Waals surface area contributed by atoms with Crippen LogP contribution in [0.3, 0.4) is 0 Å². The monoisotopic (exact) mass is 244 g/mol. The summed E-state index contributed by atoms with van der Waals surface area (Å²) in [6.45, 7) is 0.407. The van der Waals surface area contributed by atoms with Gasteiger partial charge in [0.05, 0.1) is 7.11 Å². The quantitative estimate of drug-likeness (QED) is 0.585. The number of allylic oxidation sites excluding steroid dienone is 2. The van der Waals surface area contributed by atoms with Gasteiger partial charge in [0.2, 0.25) is 0 Å². The van der Waals surface area contributed by atoms with Crippen LogP contribution in [0.4, 0.5) is 0 Å². The molecule has 95 valence electrons. The molecule has 0 bridgehead atoms. The highest BCUT2D eigenvalue weighted by atomic mass is 16.6. The Balaban J connectivity index is 1.84. The van der Waals surface area contributed by atoms with Gasteiger partial charge < -0.3 is 9.57 Å². The van der Waals surface area contributed by atoms with Gasteiger partial charge in [0.1, 0.15) is 18.6 Å². The van der Waals surface area contributed by atoms with Crippen molar-refractivity contribution in [3.8, 4) is 5.75 Å². The van der Waals surface area contributed by atoms with Crippen LogP contribution in [0.15, 0.2) is 41.1 Å². The van der Waals surface area contributed by atoms with E-state index < -0.39 is 0 Å². The molecule has 2 rings (SSSR count). The lowest BCUT2D eigenvalue weighted by atomic mass is 10.0. The average molecular weight is 244 g/mol. The minimum absolute atomic E-state index is 0.407. The Kier molecular flexibility index (Phi) is 4.82.